The number of ketones is 1. The maximum atomic E-state index is 12.2. The van der Waals surface area contributed by atoms with Gasteiger partial charge in [-0.1, -0.05) is 42.5 Å². The van der Waals surface area contributed by atoms with Crippen molar-refractivity contribution in [2.75, 3.05) is 7.11 Å². The van der Waals surface area contributed by atoms with Crippen LogP contribution in [0.2, 0.25) is 0 Å². The summed E-state index contributed by atoms with van der Waals surface area (Å²) in [6, 6.07) is 14.8. The van der Waals surface area contributed by atoms with E-state index in [2.05, 4.69) is 15.0 Å². The summed E-state index contributed by atoms with van der Waals surface area (Å²) in [4.78, 5) is 23.8. The van der Waals surface area contributed by atoms with E-state index in [9.17, 15) is 14.7 Å². The number of benzene rings is 2. The molecule has 0 fully saturated rings. The third-order valence-corrected chi connectivity index (χ3v) is 2.97. The summed E-state index contributed by atoms with van der Waals surface area (Å²) in [5.74, 6) is -1.05. The Kier molecular flexibility index (Phi) is 5.35. The quantitative estimate of drug-likeness (QED) is 0.299. The van der Waals surface area contributed by atoms with E-state index in [0.29, 0.717) is 11.8 Å². The van der Waals surface area contributed by atoms with Gasteiger partial charge < -0.3 is 9.84 Å². The van der Waals surface area contributed by atoms with Crippen LogP contribution in [0, 0.1) is 0 Å². The highest BCUT2D eigenvalue weighted by Gasteiger charge is 2.14. The van der Waals surface area contributed by atoms with Gasteiger partial charge in [0.15, 0.2) is 5.70 Å². The van der Waals surface area contributed by atoms with E-state index < -0.39 is 11.8 Å². The largest absolute Gasteiger partial charge is 0.513 e. The Morgan fingerprint density at radius 1 is 1.04 bits per heavy atom. The zero-order valence-electron chi connectivity index (χ0n) is 12.3. The number of hydrogen-bond donors (Lipinski definition) is 1. The van der Waals surface area contributed by atoms with Gasteiger partial charge in [0.2, 0.25) is 5.78 Å². The second-order valence-electron chi connectivity index (χ2n) is 4.42. The molecule has 0 radical (unpaired) electrons. The molecule has 0 aliphatic heterocycles. The lowest BCUT2D eigenvalue weighted by molar-refractivity contribution is 0.0601. The number of rotatable bonds is 5. The fraction of sp³-hybridized carbons (Fsp3) is 0.0588. The molecule has 0 unspecified atom stereocenters. The Morgan fingerprint density at radius 2 is 1.70 bits per heavy atom. The monoisotopic (exact) mass is 310 g/mol. The summed E-state index contributed by atoms with van der Waals surface area (Å²) in [6.07, 6.45) is 0.583. The molecule has 116 valence electrons. The molecule has 0 saturated heterocycles. The highest BCUT2D eigenvalue weighted by Crippen LogP contribution is 2.21. The van der Waals surface area contributed by atoms with Crippen molar-refractivity contribution in [2.24, 2.45) is 10.2 Å². The number of hydrogen-bond acceptors (Lipinski definition) is 6. The first-order valence-electron chi connectivity index (χ1n) is 6.70. The molecular weight excluding hydrogens is 296 g/mol. The summed E-state index contributed by atoms with van der Waals surface area (Å²) in [6.45, 7) is 0. The van der Waals surface area contributed by atoms with Crippen molar-refractivity contribution < 1.29 is 19.4 Å². The third kappa shape index (κ3) is 3.88. The second-order valence-corrected chi connectivity index (χ2v) is 4.42. The van der Waals surface area contributed by atoms with Crippen LogP contribution in [0.15, 0.2) is 76.8 Å². The second kappa shape index (κ2) is 7.65. The maximum absolute atomic E-state index is 12.2. The Bertz CT molecular complexity index is 767. The van der Waals surface area contributed by atoms with Crippen molar-refractivity contribution in [2.45, 2.75) is 0 Å². The molecule has 2 aromatic carbocycles. The van der Waals surface area contributed by atoms with Crippen molar-refractivity contribution in [3.63, 3.8) is 0 Å². The average molecular weight is 310 g/mol. The number of esters is 1. The lowest BCUT2D eigenvalue weighted by Crippen LogP contribution is -2.02. The molecule has 0 saturated carbocycles. The van der Waals surface area contributed by atoms with Crippen molar-refractivity contribution >= 4 is 17.4 Å². The van der Waals surface area contributed by atoms with Crippen LogP contribution in [0.5, 0.6) is 0 Å². The molecule has 0 amide bonds. The fourth-order valence-electron chi connectivity index (χ4n) is 1.82. The minimum atomic E-state index is -0.566. The standard InChI is InChI=1S/C17H14N2O4/c1-23-17(22)13-9-5-6-10-14(13)18-19-15(11-20)16(21)12-7-3-2-4-8-12/h2-11,20H,1H3. The summed E-state index contributed by atoms with van der Waals surface area (Å²) in [5, 5.41) is 16.8. The van der Waals surface area contributed by atoms with Crippen molar-refractivity contribution in [3.05, 3.63) is 77.7 Å². The van der Waals surface area contributed by atoms with E-state index in [1.165, 1.54) is 13.2 Å². The Balaban J connectivity index is 2.28. The summed E-state index contributed by atoms with van der Waals surface area (Å²) >= 11 is 0. The number of aliphatic hydroxyl groups excluding tert-OH is 1. The minimum absolute atomic E-state index is 0.211. The molecule has 0 bridgehead atoms. The molecule has 0 spiro atoms. The van der Waals surface area contributed by atoms with Crippen LogP contribution in [0.1, 0.15) is 20.7 Å². The average Bonchev–Trinajstić information content (AvgIpc) is 2.62. The van der Waals surface area contributed by atoms with E-state index in [1.807, 2.05) is 0 Å². The molecule has 0 aliphatic carbocycles. The van der Waals surface area contributed by atoms with E-state index in [1.54, 1.807) is 48.5 Å². The van der Waals surface area contributed by atoms with Gasteiger partial charge in [-0.2, -0.15) is 0 Å². The number of Topliss-reactive ketones (excluding diaryl/α,β-unsaturated/α-hetero) is 1. The minimum Gasteiger partial charge on any atom is -0.513 e. The van der Waals surface area contributed by atoms with Crippen LogP contribution in [0.4, 0.5) is 5.69 Å². The van der Waals surface area contributed by atoms with Gasteiger partial charge in [-0.15, -0.1) is 10.2 Å². The van der Waals surface area contributed by atoms with Gasteiger partial charge in [0.25, 0.3) is 0 Å². The van der Waals surface area contributed by atoms with Gasteiger partial charge in [0.05, 0.1) is 12.7 Å². The lowest BCUT2D eigenvalue weighted by Gasteiger charge is -2.02. The van der Waals surface area contributed by atoms with Crippen molar-refractivity contribution in [1.82, 2.24) is 0 Å². The highest BCUT2D eigenvalue weighted by molar-refractivity contribution is 6.08. The molecule has 6 heteroatoms. The molecule has 1 N–H and O–H groups in total. The third-order valence-electron chi connectivity index (χ3n) is 2.97. The molecule has 0 aliphatic rings. The van der Waals surface area contributed by atoms with Crippen LogP contribution in [0.3, 0.4) is 0 Å². The summed E-state index contributed by atoms with van der Waals surface area (Å²) < 4.78 is 4.66. The summed E-state index contributed by atoms with van der Waals surface area (Å²) in [5.41, 5.74) is 0.576. The van der Waals surface area contributed by atoms with Gasteiger partial charge in [0, 0.05) is 5.56 Å². The molecule has 2 rings (SSSR count). The Hall–Kier alpha value is -3.28. The van der Waals surface area contributed by atoms with Crippen LogP contribution in [-0.2, 0) is 4.74 Å². The van der Waals surface area contributed by atoms with Gasteiger partial charge >= 0.3 is 5.97 Å². The van der Waals surface area contributed by atoms with Gasteiger partial charge in [-0.25, -0.2) is 4.79 Å². The summed E-state index contributed by atoms with van der Waals surface area (Å²) in [7, 11) is 1.26. The number of nitrogens with zero attached hydrogens (tertiary/aromatic N) is 2. The predicted octanol–water partition coefficient (Wildman–Crippen LogP) is 3.84. The Morgan fingerprint density at radius 3 is 2.35 bits per heavy atom. The predicted molar refractivity (Wildman–Crippen MR) is 83.8 cm³/mol. The number of aliphatic hydroxyl groups is 1. The zero-order chi connectivity index (χ0) is 16.7. The number of methoxy groups -OCH3 is 1. The molecule has 0 aromatic heterocycles. The van der Waals surface area contributed by atoms with Gasteiger partial charge in [-0.05, 0) is 12.1 Å². The topological polar surface area (TPSA) is 88.3 Å². The van der Waals surface area contributed by atoms with E-state index in [-0.39, 0.29) is 16.9 Å². The molecule has 0 heterocycles. The molecule has 6 nitrogen and oxygen atoms in total. The first kappa shape index (κ1) is 16.1. The smallest absolute Gasteiger partial charge is 0.340 e. The number of ether oxygens (including phenoxy) is 1. The number of azo groups is 1. The van der Waals surface area contributed by atoms with Gasteiger partial charge in [0.1, 0.15) is 11.9 Å². The van der Waals surface area contributed by atoms with E-state index in [0.717, 1.165) is 0 Å². The zero-order valence-corrected chi connectivity index (χ0v) is 12.3. The van der Waals surface area contributed by atoms with Crippen LogP contribution >= 0.6 is 0 Å². The number of carbonyl (C=O) groups excluding carboxylic acids is 2. The lowest BCUT2D eigenvalue weighted by atomic mass is 10.1. The molecule has 0 atom stereocenters. The van der Waals surface area contributed by atoms with E-state index >= 15 is 0 Å². The highest BCUT2D eigenvalue weighted by atomic mass is 16.5. The van der Waals surface area contributed by atoms with Crippen LogP contribution < -0.4 is 0 Å². The van der Waals surface area contributed by atoms with Crippen LogP contribution in [-0.4, -0.2) is 24.0 Å². The number of allylic oxidation sites excluding steroid dienone is 1. The van der Waals surface area contributed by atoms with E-state index in [4.69, 9.17) is 0 Å². The molecule has 2 aromatic rings. The maximum Gasteiger partial charge on any atom is 0.340 e. The van der Waals surface area contributed by atoms with Gasteiger partial charge in [-0.3, -0.25) is 4.79 Å². The fourth-order valence-corrected chi connectivity index (χ4v) is 1.82. The molecular formula is C17H14N2O4. The first-order chi connectivity index (χ1) is 11.2. The van der Waals surface area contributed by atoms with Crippen molar-refractivity contribution in [3.8, 4) is 0 Å². The number of carbonyl (C=O) groups is 2. The SMILES string of the molecule is COC(=O)c1ccccc1N=NC(=CO)C(=O)c1ccccc1. The molecule has 23 heavy (non-hydrogen) atoms. The normalized spacial score (nSPS) is 11.4. The Labute approximate surface area is 132 Å². The van der Waals surface area contributed by atoms with Crippen molar-refractivity contribution in [1.29, 1.82) is 0 Å². The van der Waals surface area contributed by atoms with Crippen LogP contribution in [0.25, 0.3) is 0 Å². The first-order valence-corrected chi connectivity index (χ1v) is 6.70.